The maximum Gasteiger partial charge on any atom is 0.196 e. The number of nitrogens with zero attached hydrogens (tertiary/aromatic N) is 3. The third-order valence-corrected chi connectivity index (χ3v) is 4.34. The van der Waals surface area contributed by atoms with E-state index >= 15 is 0 Å². The highest BCUT2D eigenvalue weighted by Crippen LogP contribution is 2.29. The van der Waals surface area contributed by atoms with Crippen molar-refractivity contribution in [1.29, 1.82) is 0 Å². The number of H-pyrrole nitrogens is 1. The van der Waals surface area contributed by atoms with Crippen LogP contribution in [-0.4, -0.2) is 19.7 Å². The molecule has 0 saturated carbocycles. The minimum atomic E-state index is 0.122. The Hall–Kier alpha value is -1.79. The molecule has 1 aromatic carbocycles. The molecule has 0 saturated heterocycles. The van der Waals surface area contributed by atoms with E-state index in [9.17, 15) is 0 Å². The largest absolute Gasteiger partial charge is 0.290 e. The van der Waals surface area contributed by atoms with E-state index in [4.69, 9.17) is 12.2 Å². The number of thiazole rings is 1. The van der Waals surface area contributed by atoms with Gasteiger partial charge in [0.1, 0.15) is 5.01 Å². The van der Waals surface area contributed by atoms with E-state index in [-0.39, 0.29) is 6.04 Å². The van der Waals surface area contributed by atoms with Crippen molar-refractivity contribution in [3.05, 3.63) is 51.7 Å². The van der Waals surface area contributed by atoms with Crippen molar-refractivity contribution in [3.8, 4) is 11.4 Å². The van der Waals surface area contributed by atoms with Crippen LogP contribution in [0.4, 0.5) is 0 Å². The van der Waals surface area contributed by atoms with Gasteiger partial charge < -0.3 is 0 Å². The summed E-state index contributed by atoms with van der Waals surface area (Å²) in [7, 11) is 0. The van der Waals surface area contributed by atoms with Crippen LogP contribution < -0.4 is 0 Å². The summed E-state index contributed by atoms with van der Waals surface area (Å²) in [5.74, 6) is 0.859. The fraction of sp³-hybridized carbons (Fsp3) is 0.214. The average Bonchev–Trinajstić information content (AvgIpc) is 3.12. The first-order chi connectivity index (χ1) is 9.81. The zero-order valence-corrected chi connectivity index (χ0v) is 12.6. The van der Waals surface area contributed by atoms with E-state index in [1.165, 1.54) is 0 Å². The number of hydrogen-bond donors (Lipinski definition) is 1. The molecule has 0 spiro atoms. The van der Waals surface area contributed by atoms with Crippen molar-refractivity contribution in [3.63, 3.8) is 0 Å². The summed E-state index contributed by atoms with van der Waals surface area (Å²) in [6, 6.07) is 10.2. The molecule has 0 bridgehead atoms. The van der Waals surface area contributed by atoms with Crippen molar-refractivity contribution in [2.24, 2.45) is 0 Å². The number of benzene rings is 1. The van der Waals surface area contributed by atoms with Crippen LogP contribution in [0.1, 0.15) is 24.4 Å². The van der Waals surface area contributed by atoms with Gasteiger partial charge in [0.2, 0.25) is 0 Å². The molecule has 4 nitrogen and oxygen atoms in total. The molecule has 0 radical (unpaired) electrons. The Balaban J connectivity index is 2.14. The highest BCUT2D eigenvalue weighted by molar-refractivity contribution is 7.71. The summed E-state index contributed by atoms with van der Waals surface area (Å²) in [6.07, 6.45) is 2.75. The molecular formula is C14H14N4S2. The van der Waals surface area contributed by atoms with E-state index in [0.717, 1.165) is 22.8 Å². The van der Waals surface area contributed by atoms with Gasteiger partial charge in [-0.1, -0.05) is 37.3 Å². The lowest BCUT2D eigenvalue weighted by molar-refractivity contribution is 0.561. The molecule has 2 aromatic heterocycles. The van der Waals surface area contributed by atoms with Crippen molar-refractivity contribution >= 4 is 23.6 Å². The van der Waals surface area contributed by atoms with E-state index in [2.05, 4.69) is 26.7 Å². The minimum absolute atomic E-state index is 0.122. The van der Waals surface area contributed by atoms with Crippen LogP contribution >= 0.6 is 23.6 Å². The molecule has 1 N–H and O–H groups in total. The molecule has 1 atom stereocenters. The van der Waals surface area contributed by atoms with Crippen molar-refractivity contribution in [2.45, 2.75) is 19.4 Å². The van der Waals surface area contributed by atoms with Crippen LogP contribution in [0.3, 0.4) is 0 Å². The van der Waals surface area contributed by atoms with Crippen LogP contribution in [0.5, 0.6) is 0 Å². The summed E-state index contributed by atoms with van der Waals surface area (Å²) < 4.78 is 2.69. The molecule has 0 aliphatic rings. The van der Waals surface area contributed by atoms with E-state index < -0.39 is 0 Å². The molecule has 3 aromatic rings. The molecule has 0 aliphatic carbocycles. The molecule has 1 unspecified atom stereocenters. The van der Waals surface area contributed by atoms with Gasteiger partial charge in [0, 0.05) is 17.1 Å². The Morgan fingerprint density at radius 3 is 2.80 bits per heavy atom. The predicted molar refractivity (Wildman–Crippen MR) is 83.4 cm³/mol. The monoisotopic (exact) mass is 302 g/mol. The van der Waals surface area contributed by atoms with Gasteiger partial charge in [0.05, 0.1) is 6.04 Å². The van der Waals surface area contributed by atoms with E-state index in [1.54, 1.807) is 11.3 Å². The van der Waals surface area contributed by atoms with Gasteiger partial charge in [-0.25, -0.2) is 4.98 Å². The average molecular weight is 302 g/mol. The van der Waals surface area contributed by atoms with Crippen LogP contribution in [0, 0.1) is 4.77 Å². The van der Waals surface area contributed by atoms with Gasteiger partial charge >= 0.3 is 0 Å². The maximum atomic E-state index is 5.41. The second kappa shape index (κ2) is 5.68. The van der Waals surface area contributed by atoms with Crippen molar-refractivity contribution in [2.75, 3.05) is 0 Å². The first-order valence-electron chi connectivity index (χ1n) is 6.43. The lowest BCUT2D eigenvalue weighted by Gasteiger charge is -2.16. The van der Waals surface area contributed by atoms with E-state index in [0.29, 0.717) is 4.77 Å². The van der Waals surface area contributed by atoms with Gasteiger partial charge in [0.25, 0.3) is 0 Å². The zero-order valence-electron chi connectivity index (χ0n) is 11.0. The number of aromatic nitrogens is 4. The third kappa shape index (κ3) is 2.32. The van der Waals surface area contributed by atoms with Crippen molar-refractivity contribution in [1.82, 2.24) is 19.7 Å². The first kappa shape index (κ1) is 13.2. The fourth-order valence-electron chi connectivity index (χ4n) is 2.25. The molecule has 2 heterocycles. The summed E-state index contributed by atoms with van der Waals surface area (Å²) in [4.78, 5) is 4.43. The van der Waals surface area contributed by atoms with Gasteiger partial charge in [-0.15, -0.1) is 11.3 Å². The first-order valence-corrected chi connectivity index (χ1v) is 7.71. The van der Waals surface area contributed by atoms with Gasteiger partial charge in [-0.2, -0.15) is 5.10 Å². The second-order valence-corrected chi connectivity index (χ2v) is 5.70. The normalized spacial score (nSPS) is 12.4. The summed E-state index contributed by atoms with van der Waals surface area (Å²) in [5.41, 5.74) is 1.05. The smallest absolute Gasteiger partial charge is 0.196 e. The Bertz CT molecular complexity index is 728. The Kier molecular flexibility index (Phi) is 3.75. The van der Waals surface area contributed by atoms with Gasteiger partial charge in [0.15, 0.2) is 10.6 Å². The van der Waals surface area contributed by atoms with Crippen LogP contribution in [0.15, 0.2) is 41.9 Å². The fourth-order valence-corrected chi connectivity index (χ4v) is 3.32. The van der Waals surface area contributed by atoms with Gasteiger partial charge in [-0.3, -0.25) is 9.67 Å². The molecule has 102 valence electrons. The maximum absolute atomic E-state index is 5.41. The molecule has 0 amide bonds. The predicted octanol–water partition coefficient (Wildman–Crippen LogP) is 4.06. The topological polar surface area (TPSA) is 46.5 Å². The number of nitrogens with one attached hydrogen (secondary N) is 1. The van der Waals surface area contributed by atoms with Crippen molar-refractivity contribution < 1.29 is 0 Å². The highest BCUT2D eigenvalue weighted by Gasteiger charge is 2.20. The summed E-state index contributed by atoms with van der Waals surface area (Å²) in [6.45, 7) is 2.13. The molecular weight excluding hydrogens is 288 g/mol. The second-order valence-electron chi connectivity index (χ2n) is 4.38. The molecule has 6 heteroatoms. The number of hydrogen-bond acceptors (Lipinski definition) is 4. The minimum Gasteiger partial charge on any atom is -0.290 e. The van der Waals surface area contributed by atoms with Crippen LogP contribution in [0.25, 0.3) is 11.4 Å². The lowest BCUT2D eigenvalue weighted by atomic mass is 10.2. The van der Waals surface area contributed by atoms with Gasteiger partial charge in [-0.05, 0) is 18.6 Å². The summed E-state index contributed by atoms with van der Waals surface area (Å²) >= 11 is 7.06. The standard InChI is InChI=1S/C14H14N4S2/c1-2-11(13-15-8-9-20-13)18-12(16-17-14(18)19)10-6-4-3-5-7-10/h3-9,11H,2H2,1H3,(H,17,19). The Labute approximate surface area is 126 Å². The molecule has 0 aliphatic heterocycles. The molecule has 0 fully saturated rings. The van der Waals surface area contributed by atoms with E-state index in [1.807, 2.05) is 41.9 Å². The Morgan fingerprint density at radius 1 is 1.35 bits per heavy atom. The molecule has 20 heavy (non-hydrogen) atoms. The summed E-state index contributed by atoms with van der Waals surface area (Å²) in [5, 5.41) is 10.3. The zero-order chi connectivity index (χ0) is 13.9. The van der Waals surface area contributed by atoms with Crippen LogP contribution in [0.2, 0.25) is 0 Å². The van der Waals surface area contributed by atoms with Crippen LogP contribution in [-0.2, 0) is 0 Å². The lowest BCUT2D eigenvalue weighted by Crippen LogP contribution is -2.11. The Morgan fingerprint density at radius 2 is 2.15 bits per heavy atom. The molecule has 3 rings (SSSR count). The third-order valence-electron chi connectivity index (χ3n) is 3.17. The quantitative estimate of drug-likeness (QED) is 0.739. The SMILES string of the molecule is CCC(c1nccs1)n1c(-c2ccccc2)n[nH]c1=S. The number of aromatic amines is 1. The number of rotatable bonds is 4. The highest BCUT2D eigenvalue weighted by atomic mass is 32.1.